The highest BCUT2D eigenvalue weighted by molar-refractivity contribution is 14.1. The lowest BCUT2D eigenvalue weighted by Crippen LogP contribution is -2.45. The van der Waals surface area contributed by atoms with Gasteiger partial charge in [-0.25, -0.2) is 0 Å². The molecule has 3 aromatic rings. The minimum absolute atomic E-state index is 0.141. The number of hydrogen-bond donors (Lipinski definition) is 0. The second-order valence-corrected chi connectivity index (χ2v) is 15.6. The fraction of sp³-hybridized carbons (Fsp3) is 0.400. The summed E-state index contributed by atoms with van der Waals surface area (Å²) in [4.78, 5) is 31.0. The van der Waals surface area contributed by atoms with E-state index in [2.05, 4.69) is 85.5 Å². The van der Waals surface area contributed by atoms with Crippen molar-refractivity contribution in [3.8, 4) is 11.5 Å². The Labute approximate surface area is 287 Å². The maximum atomic E-state index is 14.3. The number of Topliss-reactive ketones (excluding diaryl/α,β-unsaturated/α-hetero) is 2. The molecule has 0 unspecified atom stereocenters. The average molecular weight is 730 g/mol. The Hall–Kier alpha value is -3.39. The van der Waals surface area contributed by atoms with Crippen LogP contribution in [0.25, 0.3) is 0 Å². The van der Waals surface area contributed by atoms with E-state index in [-0.39, 0.29) is 22.4 Å². The summed E-state index contributed by atoms with van der Waals surface area (Å²) in [6, 6.07) is 24.7. The highest BCUT2D eigenvalue weighted by Gasteiger charge is 2.49. The minimum Gasteiger partial charge on any atom is -0.490 e. The van der Waals surface area contributed by atoms with Crippen molar-refractivity contribution in [2.24, 2.45) is 10.8 Å². The quantitative estimate of drug-likeness (QED) is 0.206. The van der Waals surface area contributed by atoms with E-state index in [9.17, 15) is 9.59 Å². The summed E-state index contributed by atoms with van der Waals surface area (Å²) in [5.74, 6) is 1.18. The molecule has 0 saturated heterocycles. The number of nitrogens with zero attached hydrogens (tertiary/aromatic N) is 1. The first kappa shape index (κ1) is 32.5. The summed E-state index contributed by atoms with van der Waals surface area (Å²) < 4.78 is 13.4. The predicted octanol–water partition coefficient (Wildman–Crippen LogP) is 9.20. The third-order valence-corrected chi connectivity index (χ3v) is 10.2. The monoisotopic (exact) mass is 729 g/mol. The van der Waals surface area contributed by atoms with Crippen LogP contribution in [0.2, 0.25) is 0 Å². The molecule has 0 saturated carbocycles. The van der Waals surface area contributed by atoms with Gasteiger partial charge in [0.25, 0.3) is 0 Å². The molecule has 0 bridgehead atoms. The fourth-order valence-electron chi connectivity index (χ4n) is 7.42. The smallest absolute Gasteiger partial charge is 0.174 e. The molecule has 0 amide bonds. The number of allylic oxidation sites excluding steroid dienone is 4. The first-order chi connectivity index (χ1) is 22.0. The Bertz CT molecular complexity index is 1650. The second kappa shape index (κ2) is 13.0. The Morgan fingerprint density at radius 1 is 0.761 bits per heavy atom. The summed E-state index contributed by atoms with van der Waals surface area (Å²) in [6.45, 7) is 12.3. The van der Waals surface area contributed by atoms with Gasteiger partial charge in [0.15, 0.2) is 23.1 Å². The maximum Gasteiger partial charge on any atom is 0.174 e. The third kappa shape index (κ3) is 6.69. The van der Waals surface area contributed by atoms with Crippen LogP contribution in [0.15, 0.2) is 95.3 Å². The van der Waals surface area contributed by atoms with Gasteiger partial charge in [-0.15, -0.1) is 0 Å². The summed E-state index contributed by atoms with van der Waals surface area (Å²) in [6.07, 6.45) is 3.34. The van der Waals surface area contributed by atoms with Crippen molar-refractivity contribution in [3.05, 3.63) is 116 Å². The number of carbonyl (C=O) groups is 2. The number of benzene rings is 3. The lowest BCUT2D eigenvalue weighted by molar-refractivity contribution is -0.119. The van der Waals surface area contributed by atoms with E-state index in [1.165, 1.54) is 5.56 Å². The Balaban J connectivity index is 1.49. The van der Waals surface area contributed by atoms with Crippen molar-refractivity contribution in [2.75, 3.05) is 13.2 Å². The zero-order valence-electron chi connectivity index (χ0n) is 27.6. The number of rotatable bonds is 9. The van der Waals surface area contributed by atoms with Gasteiger partial charge in [0.1, 0.15) is 6.61 Å². The van der Waals surface area contributed by atoms with Crippen molar-refractivity contribution in [1.82, 2.24) is 4.90 Å². The Morgan fingerprint density at radius 2 is 1.30 bits per heavy atom. The molecular formula is C40H44INO4. The van der Waals surface area contributed by atoms with Gasteiger partial charge >= 0.3 is 0 Å². The highest BCUT2D eigenvalue weighted by atomic mass is 127. The van der Waals surface area contributed by atoms with Crippen molar-refractivity contribution in [2.45, 2.75) is 79.2 Å². The van der Waals surface area contributed by atoms with E-state index in [0.717, 1.165) is 63.0 Å². The van der Waals surface area contributed by atoms with Crippen LogP contribution in [0.5, 0.6) is 11.5 Å². The lowest BCUT2D eigenvalue weighted by atomic mass is 9.63. The average Bonchev–Trinajstić information content (AvgIpc) is 2.99. The Kier molecular flexibility index (Phi) is 9.21. The van der Waals surface area contributed by atoms with Gasteiger partial charge < -0.3 is 14.4 Å². The molecule has 0 atom stereocenters. The summed E-state index contributed by atoms with van der Waals surface area (Å²) in [7, 11) is 0. The topological polar surface area (TPSA) is 55.8 Å². The van der Waals surface area contributed by atoms with Crippen LogP contribution in [0.4, 0.5) is 0 Å². The van der Waals surface area contributed by atoms with E-state index >= 15 is 0 Å². The van der Waals surface area contributed by atoms with E-state index in [0.29, 0.717) is 37.6 Å². The van der Waals surface area contributed by atoms with E-state index < -0.39 is 5.92 Å². The molecule has 0 N–H and O–H groups in total. The van der Waals surface area contributed by atoms with Crippen molar-refractivity contribution < 1.29 is 19.1 Å². The predicted molar refractivity (Wildman–Crippen MR) is 191 cm³/mol. The molecule has 0 spiro atoms. The van der Waals surface area contributed by atoms with Crippen molar-refractivity contribution in [3.63, 3.8) is 0 Å². The first-order valence-electron chi connectivity index (χ1n) is 16.4. The molecule has 3 aromatic carbocycles. The Morgan fingerprint density at radius 3 is 1.85 bits per heavy atom. The summed E-state index contributed by atoms with van der Waals surface area (Å²) in [5.41, 5.74) is 6.65. The van der Waals surface area contributed by atoms with E-state index in [1.807, 2.05) is 49.4 Å². The van der Waals surface area contributed by atoms with Crippen molar-refractivity contribution >= 4 is 34.2 Å². The highest BCUT2D eigenvalue weighted by Crippen LogP contribution is 2.55. The molecule has 0 radical (unpaired) electrons. The van der Waals surface area contributed by atoms with Gasteiger partial charge in [-0.05, 0) is 88.4 Å². The van der Waals surface area contributed by atoms with E-state index in [4.69, 9.17) is 9.47 Å². The van der Waals surface area contributed by atoms with Crippen LogP contribution >= 0.6 is 22.6 Å². The molecule has 2 aliphatic carbocycles. The van der Waals surface area contributed by atoms with Crippen molar-refractivity contribution in [1.29, 1.82) is 0 Å². The number of ketones is 2. The molecule has 3 aliphatic rings. The standard InChI is InChI=1S/C40H44INO4/c1-6-45-34-20-28(19-29(41)38(34)46-25-27-15-11-8-12-16-27)35-36-30(21-39(2,3)23-32(36)43)42(18-17-26-13-9-7-10-14-26)31-22-40(4,5)24-33(44)37(31)35/h7-16,19-20,35H,6,17-18,21-25H2,1-5H3. The zero-order chi connectivity index (χ0) is 32.6. The van der Waals surface area contributed by atoms with Crippen LogP contribution in [0.1, 0.15) is 82.9 Å². The van der Waals surface area contributed by atoms with Gasteiger partial charge in [0.05, 0.1) is 10.2 Å². The van der Waals surface area contributed by atoms with E-state index in [1.54, 1.807) is 0 Å². The molecule has 1 aliphatic heterocycles. The number of hydrogen-bond acceptors (Lipinski definition) is 5. The van der Waals surface area contributed by atoms with Gasteiger partial charge in [-0.1, -0.05) is 88.4 Å². The largest absolute Gasteiger partial charge is 0.490 e. The fourth-order valence-corrected chi connectivity index (χ4v) is 8.21. The number of carbonyl (C=O) groups excluding carboxylic acids is 2. The zero-order valence-corrected chi connectivity index (χ0v) is 29.8. The van der Waals surface area contributed by atoms with Gasteiger partial charge in [0, 0.05) is 47.8 Å². The van der Waals surface area contributed by atoms with Crippen LogP contribution in [0.3, 0.4) is 0 Å². The summed E-state index contributed by atoms with van der Waals surface area (Å²) >= 11 is 2.31. The SMILES string of the molecule is CCOc1cc(C2C3=C(CC(C)(C)CC3=O)N(CCc3ccccc3)C3=C2C(=O)CC(C)(C)C3)cc(I)c1OCc1ccccc1. The van der Waals surface area contributed by atoms with Crippen LogP contribution in [-0.2, 0) is 22.6 Å². The van der Waals surface area contributed by atoms with Crippen LogP contribution < -0.4 is 9.47 Å². The molecule has 240 valence electrons. The lowest BCUT2D eigenvalue weighted by Gasteiger charge is -2.49. The van der Waals surface area contributed by atoms with Gasteiger partial charge in [-0.2, -0.15) is 0 Å². The molecule has 1 heterocycles. The molecule has 46 heavy (non-hydrogen) atoms. The second-order valence-electron chi connectivity index (χ2n) is 14.5. The maximum absolute atomic E-state index is 14.3. The van der Waals surface area contributed by atoms with Crippen LogP contribution in [-0.4, -0.2) is 29.6 Å². The molecule has 6 rings (SSSR count). The van der Waals surface area contributed by atoms with Crippen LogP contribution in [0, 0.1) is 14.4 Å². The van der Waals surface area contributed by atoms with Gasteiger partial charge in [0.2, 0.25) is 0 Å². The number of halogens is 1. The minimum atomic E-state index is -0.430. The summed E-state index contributed by atoms with van der Waals surface area (Å²) in [5, 5.41) is 0. The van der Waals surface area contributed by atoms with Gasteiger partial charge in [-0.3, -0.25) is 9.59 Å². The molecule has 5 nitrogen and oxygen atoms in total. The molecule has 6 heteroatoms. The normalized spacial score (nSPS) is 19.2. The molecule has 0 aromatic heterocycles. The first-order valence-corrected chi connectivity index (χ1v) is 17.5. The molecular weight excluding hydrogens is 685 g/mol. The third-order valence-electron chi connectivity index (χ3n) is 9.38. The molecule has 0 fully saturated rings. The number of ether oxygens (including phenoxy) is 2.